The average Bonchev–Trinajstić information content (AvgIpc) is 3.12. The van der Waals surface area contributed by atoms with Gasteiger partial charge in [-0.3, -0.25) is 9.48 Å². The summed E-state index contributed by atoms with van der Waals surface area (Å²) < 4.78 is 6.82. The van der Waals surface area contributed by atoms with E-state index in [0.717, 1.165) is 21.5 Å². The minimum atomic E-state index is -0.103. The summed E-state index contributed by atoms with van der Waals surface area (Å²) in [5.41, 5.74) is 1.81. The Hall–Kier alpha value is -1.60. The highest BCUT2D eigenvalue weighted by Crippen LogP contribution is 2.30. The first-order chi connectivity index (χ1) is 12.0. The molecule has 8 heteroatoms. The normalized spacial score (nSPS) is 11.2. The summed E-state index contributed by atoms with van der Waals surface area (Å²) in [6.07, 6.45) is 0. The summed E-state index contributed by atoms with van der Waals surface area (Å²) in [4.78, 5) is 13.8. The molecule has 2 heterocycles. The summed E-state index contributed by atoms with van der Waals surface area (Å²) in [6.45, 7) is 3.42. The SMILES string of the molecule is COCCNC(=O)c1cc2c(C)nn(Cc3ccc(Cl)cc3Cl)c2s1. The molecule has 0 bridgehead atoms. The molecule has 0 unspecified atom stereocenters. The predicted molar refractivity (Wildman–Crippen MR) is 102 cm³/mol. The van der Waals surface area contributed by atoms with E-state index < -0.39 is 0 Å². The third-order valence-electron chi connectivity index (χ3n) is 3.76. The predicted octanol–water partition coefficient (Wildman–Crippen LogP) is 4.14. The van der Waals surface area contributed by atoms with Crippen LogP contribution in [0.1, 0.15) is 20.9 Å². The van der Waals surface area contributed by atoms with Gasteiger partial charge in [-0.15, -0.1) is 11.3 Å². The number of nitrogens with one attached hydrogen (secondary N) is 1. The number of fused-ring (bicyclic) bond motifs is 1. The molecule has 3 rings (SSSR count). The Kier molecular flexibility index (Phi) is 5.64. The Morgan fingerprint density at radius 2 is 2.16 bits per heavy atom. The molecule has 2 aromatic heterocycles. The van der Waals surface area contributed by atoms with Crippen molar-refractivity contribution in [1.82, 2.24) is 15.1 Å². The first kappa shape index (κ1) is 18.2. The second-order valence-electron chi connectivity index (χ2n) is 5.56. The Morgan fingerprint density at radius 1 is 1.36 bits per heavy atom. The summed E-state index contributed by atoms with van der Waals surface area (Å²) in [7, 11) is 1.60. The molecular weight excluding hydrogens is 381 g/mol. The number of ether oxygens (including phenoxy) is 1. The van der Waals surface area contributed by atoms with Crippen molar-refractivity contribution < 1.29 is 9.53 Å². The topological polar surface area (TPSA) is 56.1 Å². The second-order valence-corrected chi connectivity index (χ2v) is 7.43. The van der Waals surface area contributed by atoms with E-state index in [-0.39, 0.29) is 5.91 Å². The summed E-state index contributed by atoms with van der Waals surface area (Å²) in [6, 6.07) is 7.29. The first-order valence-corrected chi connectivity index (χ1v) is 9.25. The van der Waals surface area contributed by atoms with Crippen LogP contribution < -0.4 is 5.32 Å². The van der Waals surface area contributed by atoms with Gasteiger partial charge in [0.1, 0.15) is 4.83 Å². The zero-order valence-corrected chi connectivity index (χ0v) is 16.1. The number of hydrogen-bond donors (Lipinski definition) is 1. The van der Waals surface area contributed by atoms with Crippen LogP contribution >= 0.6 is 34.5 Å². The minimum absolute atomic E-state index is 0.103. The first-order valence-electron chi connectivity index (χ1n) is 7.67. The molecule has 0 aliphatic heterocycles. The van der Waals surface area contributed by atoms with Crippen LogP contribution in [-0.4, -0.2) is 35.9 Å². The van der Waals surface area contributed by atoms with E-state index in [1.165, 1.54) is 11.3 Å². The Morgan fingerprint density at radius 3 is 2.88 bits per heavy atom. The van der Waals surface area contributed by atoms with Crippen molar-refractivity contribution in [1.29, 1.82) is 0 Å². The van der Waals surface area contributed by atoms with Crippen LogP contribution in [0.2, 0.25) is 10.0 Å². The van der Waals surface area contributed by atoms with Crippen molar-refractivity contribution >= 4 is 50.7 Å². The van der Waals surface area contributed by atoms with Gasteiger partial charge in [0, 0.05) is 29.1 Å². The molecule has 3 aromatic rings. The van der Waals surface area contributed by atoms with E-state index >= 15 is 0 Å². The molecule has 1 N–H and O–H groups in total. The Bertz CT molecular complexity index is 920. The van der Waals surface area contributed by atoms with Gasteiger partial charge in [0.25, 0.3) is 5.91 Å². The molecule has 1 amide bonds. The number of methoxy groups -OCH3 is 1. The van der Waals surface area contributed by atoms with E-state index in [1.807, 2.05) is 23.7 Å². The summed E-state index contributed by atoms with van der Waals surface area (Å²) in [5, 5.41) is 9.58. The quantitative estimate of drug-likeness (QED) is 0.635. The molecule has 1 aromatic carbocycles. The fourth-order valence-electron chi connectivity index (χ4n) is 2.50. The van der Waals surface area contributed by atoms with Gasteiger partial charge in [-0.2, -0.15) is 5.10 Å². The molecule has 25 heavy (non-hydrogen) atoms. The highest BCUT2D eigenvalue weighted by atomic mass is 35.5. The maximum Gasteiger partial charge on any atom is 0.261 e. The molecule has 0 atom stereocenters. The van der Waals surface area contributed by atoms with Crippen molar-refractivity contribution in [3.8, 4) is 0 Å². The lowest BCUT2D eigenvalue weighted by molar-refractivity contribution is 0.0941. The third-order valence-corrected chi connectivity index (χ3v) is 5.49. The van der Waals surface area contributed by atoms with Gasteiger partial charge in [-0.25, -0.2) is 0 Å². The Balaban J connectivity index is 1.88. The minimum Gasteiger partial charge on any atom is -0.383 e. The highest BCUT2D eigenvalue weighted by molar-refractivity contribution is 7.20. The lowest BCUT2D eigenvalue weighted by Crippen LogP contribution is -2.26. The zero-order valence-electron chi connectivity index (χ0n) is 13.8. The van der Waals surface area contributed by atoms with Crippen molar-refractivity contribution in [3.63, 3.8) is 0 Å². The largest absolute Gasteiger partial charge is 0.383 e. The lowest BCUT2D eigenvalue weighted by Gasteiger charge is -2.06. The van der Waals surface area contributed by atoms with E-state index in [2.05, 4.69) is 10.4 Å². The standard InChI is InChI=1S/C17H17Cl2N3O2S/c1-10-13-8-15(16(23)20-5-6-24-2)25-17(13)22(21-10)9-11-3-4-12(18)7-14(11)19/h3-4,7-8H,5-6,9H2,1-2H3,(H,20,23). The number of halogens is 2. The maximum absolute atomic E-state index is 12.2. The van der Waals surface area contributed by atoms with Gasteiger partial charge >= 0.3 is 0 Å². The molecule has 0 fully saturated rings. The van der Waals surface area contributed by atoms with Crippen LogP contribution in [0.25, 0.3) is 10.2 Å². The van der Waals surface area contributed by atoms with Crippen molar-refractivity contribution in [2.24, 2.45) is 0 Å². The van der Waals surface area contributed by atoms with Crippen molar-refractivity contribution in [2.75, 3.05) is 20.3 Å². The van der Waals surface area contributed by atoms with E-state index in [0.29, 0.717) is 34.6 Å². The monoisotopic (exact) mass is 397 g/mol. The van der Waals surface area contributed by atoms with Gasteiger partial charge in [-0.05, 0) is 30.7 Å². The zero-order chi connectivity index (χ0) is 18.0. The number of hydrogen-bond acceptors (Lipinski definition) is 4. The molecule has 0 aliphatic carbocycles. The van der Waals surface area contributed by atoms with Gasteiger partial charge in [0.2, 0.25) is 0 Å². The number of amides is 1. The number of thiophene rings is 1. The van der Waals surface area contributed by atoms with E-state index in [4.69, 9.17) is 27.9 Å². The number of aryl methyl sites for hydroxylation is 1. The van der Waals surface area contributed by atoms with Crippen LogP contribution in [0, 0.1) is 6.92 Å². The maximum atomic E-state index is 12.2. The summed E-state index contributed by atoms with van der Waals surface area (Å²) in [5.74, 6) is -0.103. The molecule has 0 aliphatic rings. The smallest absolute Gasteiger partial charge is 0.261 e. The number of carbonyl (C=O) groups is 1. The molecular formula is C17H17Cl2N3O2S. The lowest BCUT2D eigenvalue weighted by atomic mass is 10.2. The van der Waals surface area contributed by atoms with Gasteiger partial charge in [0.15, 0.2) is 0 Å². The van der Waals surface area contributed by atoms with E-state index in [9.17, 15) is 4.79 Å². The van der Waals surface area contributed by atoms with E-state index in [1.54, 1.807) is 19.2 Å². The number of carbonyl (C=O) groups excluding carboxylic acids is 1. The number of nitrogens with zero attached hydrogens (tertiary/aromatic N) is 2. The fraction of sp³-hybridized carbons (Fsp3) is 0.294. The molecule has 0 saturated carbocycles. The number of aromatic nitrogens is 2. The van der Waals surface area contributed by atoms with Crippen LogP contribution in [0.15, 0.2) is 24.3 Å². The second kappa shape index (κ2) is 7.74. The number of benzene rings is 1. The van der Waals surface area contributed by atoms with Crippen LogP contribution in [0.4, 0.5) is 0 Å². The van der Waals surface area contributed by atoms with Crippen LogP contribution in [0.5, 0.6) is 0 Å². The van der Waals surface area contributed by atoms with Crippen molar-refractivity contribution in [2.45, 2.75) is 13.5 Å². The molecule has 0 radical (unpaired) electrons. The van der Waals surface area contributed by atoms with Gasteiger partial charge in [-0.1, -0.05) is 29.3 Å². The van der Waals surface area contributed by atoms with Crippen LogP contribution in [0.3, 0.4) is 0 Å². The van der Waals surface area contributed by atoms with Gasteiger partial charge < -0.3 is 10.1 Å². The van der Waals surface area contributed by atoms with Crippen molar-refractivity contribution in [3.05, 3.63) is 50.4 Å². The molecule has 5 nitrogen and oxygen atoms in total. The fourth-order valence-corrected chi connectivity index (χ4v) is 4.04. The van der Waals surface area contributed by atoms with Crippen LogP contribution in [-0.2, 0) is 11.3 Å². The molecule has 0 saturated heterocycles. The Labute approximate surface area is 159 Å². The highest BCUT2D eigenvalue weighted by Gasteiger charge is 2.17. The molecule has 132 valence electrons. The third kappa shape index (κ3) is 3.98. The molecule has 0 spiro atoms. The number of rotatable bonds is 6. The summed E-state index contributed by atoms with van der Waals surface area (Å²) >= 11 is 13.6. The average molecular weight is 398 g/mol. The van der Waals surface area contributed by atoms with Gasteiger partial charge in [0.05, 0.1) is 23.7 Å².